The Balaban J connectivity index is 0.00000156. The summed E-state index contributed by atoms with van der Waals surface area (Å²) in [6.07, 6.45) is 0.988. The van der Waals surface area contributed by atoms with Gasteiger partial charge in [-0.15, -0.1) is 24.8 Å². The van der Waals surface area contributed by atoms with Crippen molar-refractivity contribution in [2.45, 2.75) is 32.7 Å². The number of hydrogen-bond donors (Lipinski definition) is 1. The minimum absolute atomic E-state index is 0. The fourth-order valence-corrected chi connectivity index (χ4v) is 2.99. The van der Waals surface area contributed by atoms with Crippen molar-refractivity contribution in [1.82, 2.24) is 15.2 Å². The minimum Gasteiger partial charge on any atom is -0.440 e. The highest BCUT2D eigenvalue weighted by Gasteiger charge is 2.23. The number of piperazine rings is 1. The molecule has 2 heterocycles. The first-order valence-corrected chi connectivity index (χ1v) is 8.17. The lowest BCUT2D eigenvalue weighted by Crippen LogP contribution is -2.52. The number of aryl methyl sites for hydroxylation is 2. The summed E-state index contributed by atoms with van der Waals surface area (Å²) in [7, 11) is 0. The monoisotopic (exact) mass is 385 g/mol. The van der Waals surface area contributed by atoms with Crippen molar-refractivity contribution in [3.63, 3.8) is 0 Å². The molecule has 0 radical (unpaired) electrons. The van der Waals surface area contributed by atoms with Gasteiger partial charge in [-0.05, 0) is 13.8 Å². The molecule has 5 nitrogen and oxygen atoms in total. The number of hydrogen-bond acceptors (Lipinski definition) is 4. The Hall–Kier alpha value is -1.56. The molecule has 0 spiro atoms. The van der Waals surface area contributed by atoms with E-state index >= 15 is 0 Å². The summed E-state index contributed by atoms with van der Waals surface area (Å²) in [4.78, 5) is 18.8. The van der Waals surface area contributed by atoms with E-state index in [2.05, 4.69) is 17.2 Å². The van der Waals surface area contributed by atoms with Crippen molar-refractivity contribution in [2.75, 3.05) is 19.6 Å². The quantitative estimate of drug-likeness (QED) is 0.877. The van der Waals surface area contributed by atoms with Crippen LogP contribution in [0.4, 0.5) is 0 Å². The molecule has 7 heteroatoms. The van der Waals surface area contributed by atoms with Gasteiger partial charge in [-0.1, -0.05) is 30.3 Å². The van der Waals surface area contributed by atoms with E-state index in [0.29, 0.717) is 18.7 Å². The Morgan fingerprint density at radius 2 is 2.04 bits per heavy atom. The lowest BCUT2D eigenvalue weighted by atomic mass is 10.1. The molecule has 1 N–H and O–H groups in total. The molecule has 1 aromatic heterocycles. The van der Waals surface area contributed by atoms with Crippen LogP contribution in [0.5, 0.6) is 0 Å². The third kappa shape index (κ3) is 5.21. The highest BCUT2D eigenvalue weighted by molar-refractivity contribution is 5.85. The number of halogens is 2. The standard InChI is InChI=1S/C18H23N3O2.2ClH/c1-13-12-19-10-11-21(13)17(22)9-8-16-20-14(2)18(23-16)15-6-4-3-5-7-15;;/h3-7,13,19H,8-12H2,1-2H3;2*1H/t13-;;/m1../s1. The van der Waals surface area contributed by atoms with E-state index in [0.717, 1.165) is 36.7 Å². The van der Waals surface area contributed by atoms with E-state index in [4.69, 9.17) is 4.42 Å². The van der Waals surface area contributed by atoms with Crippen LogP contribution in [0.1, 0.15) is 24.9 Å². The van der Waals surface area contributed by atoms with E-state index in [-0.39, 0.29) is 36.8 Å². The molecule has 1 aliphatic rings. The first kappa shape index (κ1) is 21.5. The molecule has 1 aliphatic heterocycles. The van der Waals surface area contributed by atoms with Crippen LogP contribution in [-0.2, 0) is 11.2 Å². The number of rotatable bonds is 4. The summed E-state index contributed by atoms with van der Waals surface area (Å²) in [5.74, 6) is 1.61. The van der Waals surface area contributed by atoms with Gasteiger partial charge < -0.3 is 14.6 Å². The number of amides is 1. The van der Waals surface area contributed by atoms with E-state index in [1.165, 1.54) is 0 Å². The molecule has 1 fully saturated rings. The molecule has 1 saturated heterocycles. The summed E-state index contributed by atoms with van der Waals surface area (Å²) in [6, 6.07) is 10.2. The fraction of sp³-hybridized carbons (Fsp3) is 0.444. The van der Waals surface area contributed by atoms with Crippen LogP contribution >= 0.6 is 24.8 Å². The normalized spacial score (nSPS) is 16.7. The molecule has 0 saturated carbocycles. The first-order chi connectivity index (χ1) is 11.1. The second-order valence-corrected chi connectivity index (χ2v) is 6.03. The van der Waals surface area contributed by atoms with Gasteiger partial charge in [0, 0.05) is 44.1 Å². The fourth-order valence-electron chi connectivity index (χ4n) is 2.99. The van der Waals surface area contributed by atoms with Gasteiger partial charge in [0.2, 0.25) is 5.91 Å². The number of benzene rings is 1. The number of nitrogens with one attached hydrogen (secondary N) is 1. The molecular weight excluding hydrogens is 361 g/mol. The van der Waals surface area contributed by atoms with Gasteiger partial charge in [-0.3, -0.25) is 4.79 Å². The largest absolute Gasteiger partial charge is 0.440 e. The predicted octanol–water partition coefficient (Wildman–Crippen LogP) is 3.25. The Labute approximate surface area is 161 Å². The molecule has 3 rings (SSSR count). The Bertz CT molecular complexity index is 676. The van der Waals surface area contributed by atoms with Crippen LogP contribution in [0, 0.1) is 6.92 Å². The van der Waals surface area contributed by atoms with Gasteiger partial charge in [0.1, 0.15) is 0 Å². The average molecular weight is 386 g/mol. The number of oxazole rings is 1. The Morgan fingerprint density at radius 1 is 1.32 bits per heavy atom. The molecule has 0 aliphatic carbocycles. The van der Waals surface area contributed by atoms with Crippen LogP contribution in [0.3, 0.4) is 0 Å². The van der Waals surface area contributed by atoms with Crippen molar-refractivity contribution in [2.24, 2.45) is 0 Å². The SMILES string of the molecule is Cc1nc(CCC(=O)N2CCNC[C@H]2C)oc1-c1ccccc1.Cl.Cl. The molecular formula is C18H25Cl2N3O2. The van der Waals surface area contributed by atoms with Gasteiger partial charge in [0.15, 0.2) is 11.7 Å². The van der Waals surface area contributed by atoms with Crippen molar-refractivity contribution in [1.29, 1.82) is 0 Å². The lowest BCUT2D eigenvalue weighted by Gasteiger charge is -2.34. The van der Waals surface area contributed by atoms with E-state index in [9.17, 15) is 4.79 Å². The zero-order valence-corrected chi connectivity index (χ0v) is 16.2. The summed E-state index contributed by atoms with van der Waals surface area (Å²) in [5.41, 5.74) is 1.89. The van der Waals surface area contributed by atoms with Crippen molar-refractivity contribution in [3.8, 4) is 11.3 Å². The minimum atomic E-state index is 0. The molecule has 25 heavy (non-hydrogen) atoms. The maximum absolute atomic E-state index is 12.4. The van der Waals surface area contributed by atoms with Crippen molar-refractivity contribution in [3.05, 3.63) is 41.9 Å². The van der Waals surface area contributed by atoms with Crippen LogP contribution in [0.2, 0.25) is 0 Å². The Morgan fingerprint density at radius 3 is 2.72 bits per heavy atom. The van der Waals surface area contributed by atoms with Crippen LogP contribution in [-0.4, -0.2) is 41.5 Å². The smallest absolute Gasteiger partial charge is 0.223 e. The molecule has 138 valence electrons. The summed E-state index contributed by atoms with van der Waals surface area (Å²) < 4.78 is 5.87. The molecule has 1 atom stereocenters. The topological polar surface area (TPSA) is 58.4 Å². The zero-order chi connectivity index (χ0) is 16.2. The van der Waals surface area contributed by atoms with Crippen molar-refractivity contribution < 1.29 is 9.21 Å². The number of carbonyl (C=O) groups is 1. The number of aromatic nitrogens is 1. The zero-order valence-electron chi connectivity index (χ0n) is 14.5. The first-order valence-electron chi connectivity index (χ1n) is 8.17. The van der Waals surface area contributed by atoms with Crippen LogP contribution in [0.15, 0.2) is 34.7 Å². The lowest BCUT2D eigenvalue weighted by molar-refractivity contribution is -0.134. The second kappa shape index (κ2) is 9.80. The van der Waals surface area contributed by atoms with E-state index < -0.39 is 0 Å². The van der Waals surface area contributed by atoms with Crippen LogP contribution in [0.25, 0.3) is 11.3 Å². The maximum Gasteiger partial charge on any atom is 0.223 e. The van der Waals surface area contributed by atoms with E-state index in [1.54, 1.807) is 0 Å². The number of carbonyl (C=O) groups excluding carboxylic acids is 1. The summed E-state index contributed by atoms with van der Waals surface area (Å²) >= 11 is 0. The highest BCUT2D eigenvalue weighted by Crippen LogP contribution is 2.24. The van der Waals surface area contributed by atoms with Gasteiger partial charge in [-0.25, -0.2) is 4.98 Å². The number of nitrogens with zero attached hydrogens (tertiary/aromatic N) is 2. The average Bonchev–Trinajstić information content (AvgIpc) is 2.95. The third-order valence-electron chi connectivity index (χ3n) is 4.25. The maximum atomic E-state index is 12.4. The second-order valence-electron chi connectivity index (χ2n) is 6.03. The van der Waals surface area contributed by atoms with E-state index in [1.807, 2.05) is 42.2 Å². The van der Waals surface area contributed by atoms with Gasteiger partial charge in [0.05, 0.1) is 5.69 Å². The summed E-state index contributed by atoms with van der Waals surface area (Å²) in [6.45, 7) is 6.52. The summed E-state index contributed by atoms with van der Waals surface area (Å²) in [5, 5.41) is 3.30. The van der Waals surface area contributed by atoms with Crippen molar-refractivity contribution >= 4 is 30.7 Å². The van der Waals surface area contributed by atoms with Gasteiger partial charge in [0.25, 0.3) is 0 Å². The van der Waals surface area contributed by atoms with Gasteiger partial charge >= 0.3 is 0 Å². The predicted molar refractivity (Wildman–Crippen MR) is 104 cm³/mol. The molecule has 2 aromatic rings. The molecule has 1 amide bonds. The molecule has 1 aromatic carbocycles. The third-order valence-corrected chi connectivity index (χ3v) is 4.25. The molecule has 0 unspecified atom stereocenters. The highest BCUT2D eigenvalue weighted by atomic mass is 35.5. The Kier molecular flexibility index (Phi) is 8.42. The van der Waals surface area contributed by atoms with Gasteiger partial charge in [-0.2, -0.15) is 0 Å². The molecule has 0 bridgehead atoms. The van der Waals surface area contributed by atoms with Crippen LogP contribution < -0.4 is 5.32 Å².